The molecule has 1 aromatic heterocycles. The molecule has 1 saturated carbocycles. The van der Waals surface area contributed by atoms with Crippen LogP contribution in [-0.2, 0) is 11.2 Å². The van der Waals surface area contributed by atoms with Crippen molar-refractivity contribution in [1.82, 2.24) is 15.5 Å². The minimum atomic E-state index is 0.233. The Morgan fingerprint density at radius 3 is 2.29 bits per heavy atom. The Morgan fingerprint density at radius 2 is 1.68 bits per heavy atom. The summed E-state index contributed by atoms with van der Waals surface area (Å²) in [5, 5.41) is 7.79. The fourth-order valence-electron chi connectivity index (χ4n) is 4.17. The topological polar surface area (TPSA) is 68.0 Å². The van der Waals surface area contributed by atoms with Crippen LogP contribution in [0.25, 0.3) is 22.8 Å². The first kappa shape index (κ1) is 21.4. The summed E-state index contributed by atoms with van der Waals surface area (Å²) >= 11 is 0. The van der Waals surface area contributed by atoms with E-state index in [4.69, 9.17) is 4.52 Å². The molecule has 5 nitrogen and oxygen atoms in total. The lowest BCUT2D eigenvalue weighted by Crippen LogP contribution is -2.44. The first-order valence-corrected chi connectivity index (χ1v) is 11.2. The van der Waals surface area contributed by atoms with Gasteiger partial charge in [-0.1, -0.05) is 55.4 Å². The normalized spacial score (nSPS) is 19.3. The number of hydrogen-bond donors (Lipinski definition) is 1. The van der Waals surface area contributed by atoms with Gasteiger partial charge in [-0.15, -0.1) is 0 Å². The highest BCUT2D eigenvalue weighted by molar-refractivity contribution is 5.79. The number of rotatable bonds is 8. The lowest BCUT2D eigenvalue weighted by molar-refractivity contribution is -0.123. The standard InChI is InChI=1S/C26H31N3O2/c1-16(2)13-19-5-7-22(8-6-19)26-28-25(29-31-26)21-11-9-20(10-12-21)17(3)27-24-14-23(15-24)18(4)30/h5-12,16-17,23-24,27H,13-15H2,1-4H3/t17-,23?,24?/m1/s1. The van der Waals surface area contributed by atoms with Crippen LogP contribution >= 0.6 is 0 Å². The minimum Gasteiger partial charge on any atom is -0.334 e. The van der Waals surface area contributed by atoms with Crippen LogP contribution in [0.15, 0.2) is 53.1 Å². The fourth-order valence-corrected chi connectivity index (χ4v) is 4.17. The summed E-state index contributed by atoms with van der Waals surface area (Å²) in [5.41, 5.74) is 4.39. The second-order valence-electron chi connectivity index (χ2n) is 9.20. The summed E-state index contributed by atoms with van der Waals surface area (Å²) in [4.78, 5) is 16.0. The third-order valence-electron chi connectivity index (χ3n) is 6.14. The molecule has 0 saturated heterocycles. The molecule has 162 valence electrons. The van der Waals surface area contributed by atoms with Gasteiger partial charge in [0.15, 0.2) is 0 Å². The van der Waals surface area contributed by atoms with E-state index < -0.39 is 0 Å². The summed E-state index contributed by atoms with van der Waals surface area (Å²) in [6.45, 7) is 8.29. The summed E-state index contributed by atoms with van der Waals surface area (Å²) in [5.74, 6) is 2.31. The quantitative estimate of drug-likeness (QED) is 0.515. The molecule has 0 unspecified atom stereocenters. The predicted molar refractivity (Wildman–Crippen MR) is 122 cm³/mol. The third kappa shape index (κ3) is 5.10. The maximum atomic E-state index is 11.4. The maximum Gasteiger partial charge on any atom is 0.258 e. The van der Waals surface area contributed by atoms with Gasteiger partial charge in [0.1, 0.15) is 5.78 Å². The van der Waals surface area contributed by atoms with E-state index in [1.165, 1.54) is 11.1 Å². The van der Waals surface area contributed by atoms with Crippen LogP contribution in [-0.4, -0.2) is 22.0 Å². The Morgan fingerprint density at radius 1 is 1.03 bits per heavy atom. The van der Waals surface area contributed by atoms with Crippen LogP contribution in [0.5, 0.6) is 0 Å². The van der Waals surface area contributed by atoms with Gasteiger partial charge < -0.3 is 9.84 Å². The van der Waals surface area contributed by atoms with Crippen molar-refractivity contribution in [2.45, 2.75) is 59.0 Å². The molecular formula is C26H31N3O2. The molecule has 1 atom stereocenters. The van der Waals surface area contributed by atoms with Gasteiger partial charge in [0.2, 0.25) is 5.82 Å². The Hall–Kier alpha value is -2.79. The van der Waals surface area contributed by atoms with E-state index in [1.54, 1.807) is 6.92 Å². The second kappa shape index (κ2) is 9.15. The van der Waals surface area contributed by atoms with Gasteiger partial charge in [-0.2, -0.15) is 4.98 Å². The van der Waals surface area contributed by atoms with E-state index in [0.717, 1.165) is 30.4 Å². The molecule has 1 N–H and O–H groups in total. The molecule has 0 amide bonds. The molecule has 0 spiro atoms. The van der Waals surface area contributed by atoms with Crippen LogP contribution < -0.4 is 5.32 Å². The van der Waals surface area contributed by atoms with Crippen molar-refractivity contribution in [3.63, 3.8) is 0 Å². The first-order chi connectivity index (χ1) is 14.9. The number of benzene rings is 2. The van der Waals surface area contributed by atoms with E-state index >= 15 is 0 Å². The molecule has 31 heavy (non-hydrogen) atoms. The molecule has 1 aliphatic carbocycles. The number of carbonyl (C=O) groups is 1. The van der Waals surface area contributed by atoms with E-state index in [1.807, 2.05) is 24.3 Å². The predicted octanol–water partition coefficient (Wildman–Crippen LogP) is 5.62. The molecule has 1 aliphatic rings. The molecule has 3 aromatic rings. The largest absolute Gasteiger partial charge is 0.334 e. The SMILES string of the molecule is CC(=O)C1CC(N[C@H](C)c2ccc(-c3noc(-c4ccc(CC(C)C)cc4)n3)cc2)C1. The number of aromatic nitrogens is 2. The van der Waals surface area contributed by atoms with Gasteiger partial charge in [0, 0.05) is 29.1 Å². The van der Waals surface area contributed by atoms with Gasteiger partial charge in [-0.25, -0.2) is 0 Å². The highest BCUT2D eigenvalue weighted by Crippen LogP contribution is 2.30. The molecule has 4 rings (SSSR count). The third-order valence-corrected chi connectivity index (χ3v) is 6.14. The smallest absolute Gasteiger partial charge is 0.258 e. The second-order valence-corrected chi connectivity index (χ2v) is 9.20. The molecule has 2 aromatic carbocycles. The lowest BCUT2D eigenvalue weighted by Gasteiger charge is -2.36. The summed E-state index contributed by atoms with van der Waals surface area (Å²) in [6, 6.07) is 17.3. The average Bonchev–Trinajstić information content (AvgIpc) is 3.20. The van der Waals surface area contributed by atoms with Crippen LogP contribution in [0.4, 0.5) is 0 Å². The van der Waals surface area contributed by atoms with Crippen molar-refractivity contribution in [2.75, 3.05) is 0 Å². The number of nitrogens with zero attached hydrogens (tertiary/aromatic N) is 2. The molecule has 1 fully saturated rings. The van der Waals surface area contributed by atoms with Crippen molar-refractivity contribution in [3.8, 4) is 22.8 Å². The van der Waals surface area contributed by atoms with Gasteiger partial charge >= 0.3 is 0 Å². The van der Waals surface area contributed by atoms with Gasteiger partial charge in [0.25, 0.3) is 5.89 Å². The molecule has 0 bridgehead atoms. The Bertz CT molecular complexity index is 1020. The summed E-state index contributed by atoms with van der Waals surface area (Å²) < 4.78 is 5.51. The molecule has 0 aliphatic heterocycles. The molecular weight excluding hydrogens is 386 g/mol. The van der Waals surface area contributed by atoms with Crippen LogP contribution in [0.3, 0.4) is 0 Å². The summed E-state index contributed by atoms with van der Waals surface area (Å²) in [7, 11) is 0. The minimum absolute atomic E-state index is 0.233. The Labute approximate surface area is 184 Å². The maximum absolute atomic E-state index is 11.4. The number of nitrogens with one attached hydrogen (secondary N) is 1. The van der Waals surface area contributed by atoms with Crippen molar-refractivity contribution in [2.24, 2.45) is 11.8 Å². The van der Waals surface area contributed by atoms with Gasteiger partial charge in [0.05, 0.1) is 0 Å². The number of carbonyl (C=O) groups excluding carboxylic acids is 1. The van der Waals surface area contributed by atoms with Crippen molar-refractivity contribution >= 4 is 5.78 Å². The van der Waals surface area contributed by atoms with Crippen molar-refractivity contribution in [3.05, 3.63) is 59.7 Å². The number of ketones is 1. The van der Waals surface area contributed by atoms with Crippen LogP contribution in [0.2, 0.25) is 0 Å². The number of hydrogen-bond acceptors (Lipinski definition) is 5. The highest BCUT2D eigenvalue weighted by Gasteiger charge is 2.32. The van der Waals surface area contributed by atoms with Crippen molar-refractivity contribution < 1.29 is 9.32 Å². The van der Waals surface area contributed by atoms with Gasteiger partial charge in [-0.3, -0.25) is 4.79 Å². The Kier molecular flexibility index (Phi) is 6.33. The lowest BCUT2D eigenvalue weighted by atomic mass is 9.77. The molecule has 0 radical (unpaired) electrons. The summed E-state index contributed by atoms with van der Waals surface area (Å²) in [6.07, 6.45) is 2.96. The highest BCUT2D eigenvalue weighted by atomic mass is 16.5. The van der Waals surface area contributed by atoms with E-state index in [9.17, 15) is 4.79 Å². The Balaban J connectivity index is 1.38. The van der Waals surface area contributed by atoms with E-state index in [-0.39, 0.29) is 12.0 Å². The average molecular weight is 418 g/mol. The zero-order valence-electron chi connectivity index (χ0n) is 18.8. The van der Waals surface area contributed by atoms with Crippen LogP contribution in [0, 0.1) is 11.8 Å². The first-order valence-electron chi connectivity index (χ1n) is 11.2. The van der Waals surface area contributed by atoms with E-state index in [0.29, 0.717) is 29.5 Å². The van der Waals surface area contributed by atoms with Crippen molar-refractivity contribution in [1.29, 1.82) is 0 Å². The fraction of sp³-hybridized carbons (Fsp3) is 0.423. The van der Waals surface area contributed by atoms with E-state index in [2.05, 4.69) is 60.5 Å². The van der Waals surface area contributed by atoms with Crippen LogP contribution in [0.1, 0.15) is 57.7 Å². The van der Waals surface area contributed by atoms with Gasteiger partial charge in [-0.05, 0) is 62.3 Å². The monoisotopic (exact) mass is 417 g/mol. The molecule has 1 heterocycles. The zero-order valence-corrected chi connectivity index (χ0v) is 18.8. The molecule has 5 heteroatoms. The number of Topliss-reactive ketones (excluding diaryl/α,β-unsaturated/α-hetero) is 1. The zero-order chi connectivity index (χ0) is 22.0.